The van der Waals surface area contributed by atoms with Crippen LogP contribution in [0.3, 0.4) is 0 Å². The number of amides is 1. The second-order valence-electron chi connectivity index (χ2n) is 8.29. The monoisotopic (exact) mass is 506 g/mol. The van der Waals surface area contributed by atoms with Crippen molar-refractivity contribution in [1.82, 2.24) is 5.32 Å². The standard InChI is InChI=1S/C30H25N3O5/c1-37-27-17-23(11-16-26(27)38-25-14-9-22(10-15-25)30(35)36)28(33-24-12-7-20(18-31)8-13-24)29(34)32-19-21-5-3-2-4-6-21/h2-17,28,33H,19H2,1H3,(H,32,34)(H,35,36)/p-1. The number of benzene rings is 4. The average Bonchev–Trinajstić information content (AvgIpc) is 2.96. The molecule has 4 rings (SSSR count). The van der Waals surface area contributed by atoms with Crippen LogP contribution in [0, 0.1) is 11.3 Å². The van der Waals surface area contributed by atoms with Crippen LogP contribution in [0.25, 0.3) is 0 Å². The van der Waals surface area contributed by atoms with Crippen molar-refractivity contribution in [3.63, 3.8) is 0 Å². The molecule has 8 heteroatoms. The van der Waals surface area contributed by atoms with Crippen LogP contribution in [0.15, 0.2) is 97.1 Å². The Kier molecular flexibility index (Phi) is 8.21. The third kappa shape index (κ3) is 6.47. The Hall–Kier alpha value is -5.29. The van der Waals surface area contributed by atoms with E-state index in [9.17, 15) is 14.7 Å². The highest BCUT2D eigenvalue weighted by Crippen LogP contribution is 2.35. The lowest BCUT2D eigenvalue weighted by Gasteiger charge is -2.21. The summed E-state index contributed by atoms with van der Waals surface area (Å²) in [6.45, 7) is 0.353. The molecule has 0 aliphatic carbocycles. The second-order valence-corrected chi connectivity index (χ2v) is 8.29. The van der Waals surface area contributed by atoms with Gasteiger partial charge in [0, 0.05) is 12.2 Å². The fourth-order valence-corrected chi connectivity index (χ4v) is 3.73. The number of carboxylic acid groups (broad SMARTS) is 1. The summed E-state index contributed by atoms with van der Waals surface area (Å²) < 4.78 is 11.4. The highest BCUT2D eigenvalue weighted by molar-refractivity contribution is 5.86. The van der Waals surface area contributed by atoms with Crippen LogP contribution in [0.4, 0.5) is 5.69 Å². The van der Waals surface area contributed by atoms with Gasteiger partial charge in [0.05, 0.1) is 24.7 Å². The molecule has 1 atom stereocenters. The number of anilines is 1. The minimum Gasteiger partial charge on any atom is -0.545 e. The third-order valence-electron chi connectivity index (χ3n) is 5.74. The van der Waals surface area contributed by atoms with Gasteiger partial charge in [0.1, 0.15) is 11.8 Å². The minimum atomic E-state index is -1.27. The van der Waals surface area contributed by atoms with Gasteiger partial charge in [0.2, 0.25) is 5.91 Å². The number of aromatic carboxylic acids is 1. The van der Waals surface area contributed by atoms with E-state index in [1.165, 1.54) is 31.4 Å². The predicted molar refractivity (Wildman–Crippen MR) is 140 cm³/mol. The molecule has 1 amide bonds. The Morgan fingerprint density at radius 2 is 1.63 bits per heavy atom. The van der Waals surface area contributed by atoms with Crippen molar-refractivity contribution in [3.05, 3.63) is 119 Å². The van der Waals surface area contributed by atoms with E-state index in [1.807, 2.05) is 30.3 Å². The number of methoxy groups -OCH3 is 1. The van der Waals surface area contributed by atoms with Gasteiger partial charge in [-0.25, -0.2) is 0 Å². The van der Waals surface area contributed by atoms with Crippen LogP contribution in [0.1, 0.15) is 33.1 Å². The zero-order valence-electron chi connectivity index (χ0n) is 20.5. The van der Waals surface area contributed by atoms with Crippen LogP contribution in [-0.2, 0) is 11.3 Å². The fourth-order valence-electron chi connectivity index (χ4n) is 3.73. The van der Waals surface area contributed by atoms with Crippen molar-refractivity contribution in [2.75, 3.05) is 12.4 Å². The first-order valence-corrected chi connectivity index (χ1v) is 11.7. The smallest absolute Gasteiger partial charge is 0.247 e. The number of ether oxygens (including phenoxy) is 2. The molecule has 0 spiro atoms. The van der Waals surface area contributed by atoms with E-state index in [1.54, 1.807) is 42.5 Å². The van der Waals surface area contributed by atoms with Gasteiger partial charge in [-0.3, -0.25) is 4.79 Å². The van der Waals surface area contributed by atoms with Gasteiger partial charge in [-0.15, -0.1) is 0 Å². The summed E-state index contributed by atoms with van der Waals surface area (Å²) in [6.07, 6.45) is 0. The summed E-state index contributed by atoms with van der Waals surface area (Å²) in [6, 6.07) is 28.6. The van der Waals surface area contributed by atoms with E-state index in [0.29, 0.717) is 40.6 Å². The Labute approximate surface area is 220 Å². The zero-order chi connectivity index (χ0) is 26.9. The van der Waals surface area contributed by atoms with Gasteiger partial charge >= 0.3 is 0 Å². The molecule has 190 valence electrons. The van der Waals surface area contributed by atoms with Crippen LogP contribution in [0.2, 0.25) is 0 Å². The van der Waals surface area contributed by atoms with E-state index < -0.39 is 12.0 Å². The van der Waals surface area contributed by atoms with Crippen LogP contribution < -0.4 is 25.2 Å². The van der Waals surface area contributed by atoms with E-state index >= 15 is 0 Å². The molecule has 38 heavy (non-hydrogen) atoms. The number of carboxylic acids is 1. The molecular formula is C30H24N3O5-. The molecule has 8 nitrogen and oxygen atoms in total. The highest BCUT2D eigenvalue weighted by atomic mass is 16.5. The molecule has 0 fully saturated rings. The van der Waals surface area contributed by atoms with Crippen molar-refractivity contribution in [1.29, 1.82) is 5.26 Å². The average molecular weight is 507 g/mol. The van der Waals surface area contributed by atoms with Crippen molar-refractivity contribution in [3.8, 4) is 23.3 Å². The maximum absolute atomic E-state index is 13.4. The number of carbonyl (C=O) groups excluding carboxylic acids is 2. The normalized spacial score (nSPS) is 11.1. The SMILES string of the molecule is COc1cc(C(Nc2ccc(C#N)cc2)C(=O)NCc2ccccc2)ccc1Oc1ccc(C(=O)[O-])cc1. The molecule has 2 N–H and O–H groups in total. The molecule has 0 heterocycles. The maximum Gasteiger partial charge on any atom is 0.247 e. The fraction of sp³-hybridized carbons (Fsp3) is 0.100. The van der Waals surface area contributed by atoms with Crippen LogP contribution in [-0.4, -0.2) is 19.0 Å². The molecule has 4 aromatic rings. The first kappa shape index (κ1) is 25.8. The van der Waals surface area contributed by atoms with Crippen molar-refractivity contribution in [2.45, 2.75) is 12.6 Å². The summed E-state index contributed by atoms with van der Waals surface area (Å²) in [5.74, 6) is -0.348. The van der Waals surface area contributed by atoms with Gasteiger partial charge in [-0.2, -0.15) is 5.26 Å². The molecule has 0 bridgehead atoms. The van der Waals surface area contributed by atoms with Crippen molar-refractivity contribution in [2.24, 2.45) is 0 Å². The highest BCUT2D eigenvalue weighted by Gasteiger charge is 2.22. The third-order valence-corrected chi connectivity index (χ3v) is 5.74. The zero-order valence-corrected chi connectivity index (χ0v) is 20.5. The van der Waals surface area contributed by atoms with Gasteiger partial charge in [-0.1, -0.05) is 36.4 Å². The molecule has 1 unspecified atom stereocenters. The first-order chi connectivity index (χ1) is 18.5. The number of nitriles is 1. The number of carbonyl (C=O) groups is 2. The number of nitrogens with zero attached hydrogens (tertiary/aromatic N) is 1. The summed E-state index contributed by atoms with van der Waals surface area (Å²) in [5.41, 5.74) is 2.80. The van der Waals surface area contributed by atoms with Crippen LogP contribution >= 0.6 is 0 Å². The molecule has 0 radical (unpaired) electrons. The van der Waals surface area contributed by atoms with Crippen molar-refractivity contribution >= 4 is 17.6 Å². The van der Waals surface area contributed by atoms with Gasteiger partial charge in [0.15, 0.2) is 11.5 Å². The Morgan fingerprint density at radius 1 is 0.921 bits per heavy atom. The topological polar surface area (TPSA) is 124 Å². The van der Waals surface area contributed by atoms with Gasteiger partial charge < -0.3 is 30.0 Å². The van der Waals surface area contributed by atoms with Crippen LogP contribution in [0.5, 0.6) is 17.2 Å². The summed E-state index contributed by atoms with van der Waals surface area (Å²) in [4.78, 5) is 24.3. The summed E-state index contributed by atoms with van der Waals surface area (Å²) in [7, 11) is 1.49. The number of rotatable bonds is 10. The second kappa shape index (κ2) is 12.1. The first-order valence-electron chi connectivity index (χ1n) is 11.7. The van der Waals surface area contributed by atoms with E-state index in [-0.39, 0.29) is 11.5 Å². The lowest BCUT2D eigenvalue weighted by molar-refractivity contribution is -0.255. The number of hydrogen-bond acceptors (Lipinski definition) is 7. The predicted octanol–water partition coefficient (Wildman–Crippen LogP) is 4.19. The van der Waals surface area contributed by atoms with E-state index in [0.717, 1.165) is 5.56 Å². The molecule has 0 aliphatic heterocycles. The molecule has 0 aliphatic rings. The molecule has 0 aromatic heterocycles. The molecular weight excluding hydrogens is 482 g/mol. The summed E-state index contributed by atoms with van der Waals surface area (Å²) >= 11 is 0. The maximum atomic E-state index is 13.4. The molecule has 0 saturated heterocycles. The molecule has 0 saturated carbocycles. The Morgan fingerprint density at radius 3 is 2.26 bits per heavy atom. The van der Waals surface area contributed by atoms with Gasteiger partial charge in [-0.05, 0) is 77.4 Å². The summed E-state index contributed by atoms with van der Waals surface area (Å²) in [5, 5.41) is 26.3. The lowest BCUT2D eigenvalue weighted by Crippen LogP contribution is -2.33. The number of nitrogens with one attached hydrogen (secondary N) is 2. The largest absolute Gasteiger partial charge is 0.545 e. The lowest BCUT2D eigenvalue weighted by atomic mass is 10.0. The Balaban J connectivity index is 1.59. The van der Waals surface area contributed by atoms with E-state index in [2.05, 4.69) is 16.7 Å². The van der Waals surface area contributed by atoms with Crippen molar-refractivity contribution < 1.29 is 24.2 Å². The van der Waals surface area contributed by atoms with E-state index in [4.69, 9.17) is 14.7 Å². The van der Waals surface area contributed by atoms with Gasteiger partial charge in [0.25, 0.3) is 0 Å². The number of hydrogen-bond donors (Lipinski definition) is 2. The quantitative estimate of drug-likeness (QED) is 0.331. The molecule has 4 aromatic carbocycles. The minimum absolute atomic E-state index is 0.0397. The Bertz CT molecular complexity index is 1450.